The molecule has 0 heterocycles. The van der Waals surface area contributed by atoms with Crippen LogP contribution in [0.1, 0.15) is 226 Å². The van der Waals surface area contributed by atoms with Crippen LogP contribution in [0.3, 0.4) is 0 Å². The van der Waals surface area contributed by atoms with Crippen molar-refractivity contribution < 1.29 is 52.2 Å². The lowest BCUT2D eigenvalue weighted by atomic mass is 10.1. The quantitative estimate of drug-likeness (QED) is 0.0197. The second-order valence-electron chi connectivity index (χ2n) is 19.4. The lowest BCUT2D eigenvalue weighted by Crippen LogP contribution is -2.30. The molecule has 0 aliphatic rings. The molecule has 0 amide bonds. The third kappa shape index (κ3) is 56.3. The number of phosphoric ester groups is 1. The second-order valence-corrected chi connectivity index (χ2v) is 20.8. The summed E-state index contributed by atoms with van der Waals surface area (Å²) in [5.74, 6) is -1.56. The Balaban J connectivity index is 4.85. The van der Waals surface area contributed by atoms with E-state index >= 15 is 0 Å². The number of esters is 3. The second kappa shape index (κ2) is 58.8. The summed E-state index contributed by atoms with van der Waals surface area (Å²) in [5, 5.41) is 9.83. The Morgan fingerprint density at radius 1 is 0.372 bits per heavy atom. The Morgan fingerprint density at radius 3 is 1.04 bits per heavy atom. The molecule has 0 spiro atoms. The van der Waals surface area contributed by atoms with Crippen LogP contribution < -0.4 is 0 Å². The first-order chi connectivity index (χ1) is 38.2. The molecule has 442 valence electrons. The van der Waals surface area contributed by atoms with Crippen LogP contribution in [-0.2, 0) is 42.2 Å². The van der Waals surface area contributed by atoms with Gasteiger partial charge in [-0.25, -0.2) is 4.57 Å². The van der Waals surface area contributed by atoms with Gasteiger partial charge in [-0.2, -0.15) is 0 Å². The van der Waals surface area contributed by atoms with Crippen LogP contribution in [0.15, 0.2) is 134 Å². The minimum absolute atomic E-state index is 0.123. The zero-order valence-electron chi connectivity index (χ0n) is 48.8. The molecule has 78 heavy (non-hydrogen) atoms. The molecule has 2 N–H and O–H groups in total. The number of allylic oxidation sites excluding steroid dienone is 22. The Morgan fingerprint density at radius 2 is 0.667 bits per heavy atom. The Kier molecular flexibility index (Phi) is 55.5. The first-order valence-corrected chi connectivity index (χ1v) is 31.6. The summed E-state index contributed by atoms with van der Waals surface area (Å²) in [6, 6.07) is 0. The molecule has 0 aromatic carbocycles. The molecular weight excluding hydrogens is 1000 g/mol. The Labute approximate surface area is 474 Å². The average Bonchev–Trinajstić information content (AvgIpc) is 3.43. The number of aliphatic hydroxyl groups excluding tert-OH is 1. The topological polar surface area (TPSA) is 155 Å². The van der Waals surface area contributed by atoms with Crippen molar-refractivity contribution in [3.8, 4) is 0 Å². The number of unbranched alkanes of at least 4 members (excludes halogenated alkanes) is 15. The minimum Gasteiger partial charge on any atom is -0.462 e. The van der Waals surface area contributed by atoms with Crippen molar-refractivity contribution in [1.82, 2.24) is 0 Å². The van der Waals surface area contributed by atoms with Crippen molar-refractivity contribution in [2.45, 2.75) is 238 Å². The number of hydrogen-bond donors (Lipinski definition) is 2. The summed E-state index contributed by atoms with van der Waals surface area (Å²) >= 11 is 0. The highest BCUT2D eigenvalue weighted by Crippen LogP contribution is 2.43. The first kappa shape index (κ1) is 73.6. The number of aliphatic hydroxyl groups is 1. The summed E-state index contributed by atoms with van der Waals surface area (Å²) in [4.78, 5) is 48.6. The van der Waals surface area contributed by atoms with Gasteiger partial charge in [0.2, 0.25) is 0 Å². The van der Waals surface area contributed by atoms with Gasteiger partial charge in [-0.15, -0.1) is 0 Å². The monoisotopic (exact) mass is 1110 g/mol. The van der Waals surface area contributed by atoms with Crippen LogP contribution in [0.5, 0.6) is 0 Å². The largest absolute Gasteiger partial charge is 0.472 e. The van der Waals surface area contributed by atoms with E-state index in [1.54, 1.807) is 0 Å². The molecule has 0 saturated carbocycles. The minimum atomic E-state index is -4.78. The Hall–Kier alpha value is -4.38. The van der Waals surface area contributed by atoms with Gasteiger partial charge < -0.3 is 24.2 Å². The molecule has 0 aliphatic heterocycles. The van der Waals surface area contributed by atoms with Crippen molar-refractivity contribution in [3.05, 3.63) is 134 Å². The van der Waals surface area contributed by atoms with Crippen LogP contribution in [0.25, 0.3) is 0 Å². The van der Waals surface area contributed by atoms with Gasteiger partial charge in [-0.3, -0.25) is 23.4 Å². The summed E-state index contributed by atoms with van der Waals surface area (Å²) in [6.07, 6.45) is 74.0. The van der Waals surface area contributed by atoms with E-state index in [0.717, 1.165) is 148 Å². The van der Waals surface area contributed by atoms with Crippen LogP contribution >= 0.6 is 7.82 Å². The van der Waals surface area contributed by atoms with E-state index in [2.05, 4.69) is 154 Å². The molecule has 0 saturated heterocycles. The lowest BCUT2D eigenvalue weighted by Gasteiger charge is -2.21. The molecule has 0 aliphatic carbocycles. The highest BCUT2D eigenvalue weighted by Gasteiger charge is 2.28. The molecular formula is C66H107O11P. The third-order valence-corrected chi connectivity index (χ3v) is 13.0. The SMILES string of the molecule is CC/C=C\C/C=C\C/C=C\C/C=C\C/C=C\CCCCCC(=O)OCC(COP(=O)(O)OCC(CO)OC(=O)CCCCCCC/C=C\C/C=C\CCCCC)OC(=O)CCCCCC/C=C\C/C=C\C/C=C\C/C=C\CC. The van der Waals surface area contributed by atoms with E-state index in [1.165, 1.54) is 19.3 Å². The van der Waals surface area contributed by atoms with Crippen molar-refractivity contribution >= 4 is 25.7 Å². The maximum Gasteiger partial charge on any atom is 0.472 e. The smallest absolute Gasteiger partial charge is 0.462 e. The zero-order chi connectivity index (χ0) is 56.9. The van der Waals surface area contributed by atoms with Crippen LogP contribution in [0.2, 0.25) is 0 Å². The van der Waals surface area contributed by atoms with Gasteiger partial charge in [0.05, 0.1) is 19.8 Å². The van der Waals surface area contributed by atoms with Crippen LogP contribution in [0, 0.1) is 0 Å². The number of phosphoric acid groups is 1. The van der Waals surface area contributed by atoms with Crippen molar-refractivity contribution in [2.75, 3.05) is 26.4 Å². The summed E-state index contributed by atoms with van der Waals surface area (Å²) in [5.41, 5.74) is 0. The summed E-state index contributed by atoms with van der Waals surface area (Å²) in [7, 11) is -4.78. The molecule has 0 radical (unpaired) electrons. The van der Waals surface area contributed by atoms with E-state index in [4.69, 9.17) is 23.3 Å². The molecule has 0 aromatic heterocycles. The summed E-state index contributed by atoms with van der Waals surface area (Å²) in [6.45, 7) is 4.30. The van der Waals surface area contributed by atoms with E-state index < -0.39 is 57.8 Å². The molecule has 0 rings (SSSR count). The predicted molar refractivity (Wildman–Crippen MR) is 325 cm³/mol. The zero-order valence-corrected chi connectivity index (χ0v) is 49.7. The van der Waals surface area contributed by atoms with Gasteiger partial charge in [0, 0.05) is 19.3 Å². The van der Waals surface area contributed by atoms with E-state index in [1.807, 2.05) is 0 Å². The fourth-order valence-corrected chi connectivity index (χ4v) is 8.30. The van der Waals surface area contributed by atoms with Crippen LogP contribution in [-0.4, -0.2) is 66.5 Å². The number of carbonyl (C=O) groups is 3. The predicted octanol–water partition coefficient (Wildman–Crippen LogP) is 18.1. The molecule has 0 aromatic rings. The van der Waals surface area contributed by atoms with Gasteiger partial charge in [0.1, 0.15) is 12.7 Å². The molecule has 11 nitrogen and oxygen atoms in total. The molecule has 0 bridgehead atoms. The third-order valence-electron chi connectivity index (χ3n) is 12.0. The fourth-order valence-electron chi connectivity index (χ4n) is 7.52. The molecule has 12 heteroatoms. The maximum atomic E-state index is 12.9. The van der Waals surface area contributed by atoms with Crippen molar-refractivity contribution in [3.63, 3.8) is 0 Å². The standard InChI is InChI=1S/C66H107O11P/c1-4-7-10-13-16-19-22-25-28-30-31-33-35-37-40-43-46-49-52-55-64(68)73-59-63(77-66(70)57-54-51-48-45-42-39-36-32-29-26-23-20-17-14-11-8-5-2)61-75-78(71,72)74-60-62(58-67)76-65(69)56-53-50-47-44-41-38-34-27-24-21-18-15-12-9-6-3/h7-8,10-11,16-21,25-29,31,33-34,36-37,39-40,62-63,67H,4-6,9,12-15,22-24,30,32,35,38,41-61H2,1-3H3,(H,71,72)/b10-7-,11-8-,19-16-,20-17-,21-18-,28-25-,29-26-,33-31-,34-27-,39-36-,40-37-. The fraction of sp³-hybridized carbons (Fsp3) is 0.621. The molecule has 3 atom stereocenters. The highest BCUT2D eigenvalue weighted by atomic mass is 31.2. The van der Waals surface area contributed by atoms with E-state index in [0.29, 0.717) is 19.3 Å². The number of ether oxygens (including phenoxy) is 3. The lowest BCUT2D eigenvalue weighted by molar-refractivity contribution is -0.161. The van der Waals surface area contributed by atoms with E-state index in [-0.39, 0.29) is 25.9 Å². The number of rotatable bonds is 54. The highest BCUT2D eigenvalue weighted by molar-refractivity contribution is 7.47. The number of carbonyl (C=O) groups excluding carboxylic acids is 3. The van der Waals surface area contributed by atoms with Crippen molar-refractivity contribution in [2.24, 2.45) is 0 Å². The van der Waals surface area contributed by atoms with Gasteiger partial charge in [-0.1, -0.05) is 206 Å². The normalized spacial score (nSPS) is 14.3. The molecule has 3 unspecified atom stereocenters. The first-order valence-electron chi connectivity index (χ1n) is 30.1. The van der Waals surface area contributed by atoms with Gasteiger partial charge in [0.15, 0.2) is 6.10 Å². The van der Waals surface area contributed by atoms with Crippen molar-refractivity contribution in [1.29, 1.82) is 0 Å². The average molecular weight is 1110 g/mol. The number of hydrogen-bond acceptors (Lipinski definition) is 10. The van der Waals surface area contributed by atoms with Gasteiger partial charge in [0.25, 0.3) is 0 Å². The summed E-state index contributed by atoms with van der Waals surface area (Å²) < 4.78 is 39.5. The van der Waals surface area contributed by atoms with Gasteiger partial charge >= 0.3 is 25.7 Å². The Bertz CT molecular complexity index is 1820. The van der Waals surface area contributed by atoms with E-state index in [9.17, 15) is 28.9 Å². The van der Waals surface area contributed by atoms with Crippen LogP contribution in [0.4, 0.5) is 0 Å². The molecule has 0 fully saturated rings. The maximum absolute atomic E-state index is 12.9. The van der Waals surface area contributed by atoms with Gasteiger partial charge in [-0.05, 0) is 135 Å².